The molecule has 1 aromatic rings. The van der Waals surface area contributed by atoms with E-state index in [1.54, 1.807) is 28.2 Å². The van der Waals surface area contributed by atoms with E-state index < -0.39 is 0 Å². The van der Waals surface area contributed by atoms with E-state index in [1.807, 2.05) is 19.9 Å². The van der Waals surface area contributed by atoms with Gasteiger partial charge in [0.25, 0.3) is 0 Å². The zero-order valence-electron chi connectivity index (χ0n) is 14.9. The summed E-state index contributed by atoms with van der Waals surface area (Å²) in [4.78, 5) is 28.1. The molecule has 1 aliphatic heterocycles. The molecule has 1 aliphatic rings. The van der Waals surface area contributed by atoms with Crippen LogP contribution >= 0.6 is 0 Å². The lowest BCUT2D eigenvalue weighted by atomic mass is 10.1. The molecule has 1 unspecified atom stereocenters. The topological polar surface area (TPSA) is 75.0 Å². The van der Waals surface area contributed by atoms with E-state index in [0.717, 1.165) is 5.76 Å². The molecule has 1 aromatic heterocycles. The lowest BCUT2D eigenvalue weighted by molar-refractivity contribution is -0.138. The van der Waals surface area contributed by atoms with E-state index in [4.69, 9.17) is 9.15 Å². The van der Waals surface area contributed by atoms with Crippen molar-refractivity contribution in [2.75, 3.05) is 32.8 Å². The monoisotopic (exact) mass is 349 g/mol. The van der Waals surface area contributed by atoms with Crippen LogP contribution in [0.25, 0.3) is 0 Å². The van der Waals surface area contributed by atoms with Gasteiger partial charge in [0.1, 0.15) is 5.76 Å². The third-order valence-electron chi connectivity index (χ3n) is 3.98. The highest BCUT2D eigenvalue weighted by Gasteiger charge is 2.28. The van der Waals surface area contributed by atoms with Crippen molar-refractivity contribution in [1.29, 1.82) is 0 Å². The minimum Gasteiger partial charge on any atom is -0.467 e. The SMILES string of the molecule is C=CCNC(=O)N1CCOC(CN(Cc2ccco2)C(=O)C(C)C)C1. The summed E-state index contributed by atoms with van der Waals surface area (Å²) in [5, 5.41) is 2.77. The van der Waals surface area contributed by atoms with Crippen molar-refractivity contribution >= 4 is 11.9 Å². The van der Waals surface area contributed by atoms with Gasteiger partial charge in [0, 0.05) is 25.6 Å². The Morgan fingerprint density at radius 3 is 2.96 bits per heavy atom. The normalized spacial score (nSPS) is 17.4. The molecule has 25 heavy (non-hydrogen) atoms. The number of morpholine rings is 1. The van der Waals surface area contributed by atoms with Gasteiger partial charge in [-0.15, -0.1) is 6.58 Å². The molecular weight excluding hydrogens is 322 g/mol. The highest BCUT2D eigenvalue weighted by molar-refractivity contribution is 5.78. The summed E-state index contributed by atoms with van der Waals surface area (Å²) in [6.45, 7) is 10.0. The predicted octanol–water partition coefficient (Wildman–Crippen LogP) is 1.86. The molecule has 0 radical (unpaired) electrons. The van der Waals surface area contributed by atoms with Crippen LogP contribution in [0.3, 0.4) is 0 Å². The molecule has 1 atom stereocenters. The van der Waals surface area contributed by atoms with Crippen molar-refractivity contribution in [3.63, 3.8) is 0 Å². The summed E-state index contributed by atoms with van der Waals surface area (Å²) in [5.41, 5.74) is 0. The third-order valence-corrected chi connectivity index (χ3v) is 3.98. The number of ether oxygens (including phenoxy) is 1. The van der Waals surface area contributed by atoms with Crippen LogP contribution in [-0.4, -0.2) is 60.6 Å². The minimum absolute atomic E-state index is 0.0354. The van der Waals surface area contributed by atoms with Crippen LogP contribution in [0.5, 0.6) is 0 Å². The molecule has 3 amide bonds. The summed E-state index contributed by atoms with van der Waals surface area (Å²) in [5.74, 6) is 0.643. The second-order valence-electron chi connectivity index (χ2n) is 6.37. The average Bonchev–Trinajstić information content (AvgIpc) is 3.11. The minimum atomic E-state index is -0.221. The molecule has 0 aliphatic carbocycles. The van der Waals surface area contributed by atoms with Crippen molar-refractivity contribution in [3.05, 3.63) is 36.8 Å². The molecule has 2 heterocycles. The number of carbonyl (C=O) groups is 2. The quantitative estimate of drug-likeness (QED) is 0.763. The molecule has 0 bridgehead atoms. The second-order valence-corrected chi connectivity index (χ2v) is 6.37. The summed E-state index contributed by atoms with van der Waals surface area (Å²) in [6, 6.07) is 3.51. The highest BCUT2D eigenvalue weighted by atomic mass is 16.5. The van der Waals surface area contributed by atoms with Crippen molar-refractivity contribution in [3.8, 4) is 0 Å². The van der Waals surface area contributed by atoms with Crippen molar-refractivity contribution in [1.82, 2.24) is 15.1 Å². The Morgan fingerprint density at radius 1 is 1.52 bits per heavy atom. The first kappa shape index (κ1) is 19.1. The predicted molar refractivity (Wildman–Crippen MR) is 93.9 cm³/mol. The standard InChI is InChI=1S/C18H27N3O4/c1-4-7-19-18(23)20-8-10-25-16(12-20)13-21(17(22)14(2)3)11-15-6-5-9-24-15/h4-6,9,14,16H,1,7-8,10-13H2,2-3H3,(H,19,23). The van der Waals surface area contributed by atoms with Gasteiger partial charge in [-0.1, -0.05) is 19.9 Å². The maximum Gasteiger partial charge on any atom is 0.317 e. The molecule has 1 fully saturated rings. The van der Waals surface area contributed by atoms with Gasteiger partial charge in [-0.3, -0.25) is 4.79 Å². The molecule has 7 nitrogen and oxygen atoms in total. The summed E-state index contributed by atoms with van der Waals surface area (Å²) in [6.07, 6.45) is 3.01. The van der Waals surface area contributed by atoms with E-state index >= 15 is 0 Å². The van der Waals surface area contributed by atoms with Crippen LogP contribution in [-0.2, 0) is 16.1 Å². The van der Waals surface area contributed by atoms with Crippen LogP contribution in [0, 0.1) is 5.92 Å². The zero-order chi connectivity index (χ0) is 18.2. The van der Waals surface area contributed by atoms with E-state index in [1.165, 1.54) is 0 Å². The van der Waals surface area contributed by atoms with Gasteiger partial charge in [0.2, 0.25) is 5.91 Å². The summed E-state index contributed by atoms with van der Waals surface area (Å²) >= 11 is 0. The summed E-state index contributed by atoms with van der Waals surface area (Å²) in [7, 11) is 0. The number of nitrogens with zero attached hydrogens (tertiary/aromatic N) is 2. The molecule has 7 heteroatoms. The largest absolute Gasteiger partial charge is 0.467 e. The molecule has 1 N–H and O–H groups in total. The van der Waals surface area contributed by atoms with Gasteiger partial charge in [-0.2, -0.15) is 0 Å². The Kier molecular flexibility index (Phi) is 7.06. The number of nitrogens with one attached hydrogen (secondary N) is 1. The molecule has 138 valence electrons. The number of amides is 3. The van der Waals surface area contributed by atoms with Crippen LogP contribution in [0.4, 0.5) is 4.79 Å². The lowest BCUT2D eigenvalue weighted by Crippen LogP contribution is -2.53. The van der Waals surface area contributed by atoms with Crippen LogP contribution in [0.15, 0.2) is 35.5 Å². The molecule has 1 saturated heterocycles. The Morgan fingerprint density at radius 2 is 2.32 bits per heavy atom. The van der Waals surface area contributed by atoms with E-state index in [-0.39, 0.29) is 24.0 Å². The number of urea groups is 1. The van der Waals surface area contributed by atoms with Gasteiger partial charge in [0.05, 0.1) is 32.1 Å². The van der Waals surface area contributed by atoms with Crippen LogP contribution in [0.2, 0.25) is 0 Å². The van der Waals surface area contributed by atoms with Crippen LogP contribution < -0.4 is 5.32 Å². The van der Waals surface area contributed by atoms with Gasteiger partial charge < -0.3 is 24.3 Å². The van der Waals surface area contributed by atoms with Gasteiger partial charge >= 0.3 is 6.03 Å². The van der Waals surface area contributed by atoms with E-state index in [0.29, 0.717) is 39.3 Å². The van der Waals surface area contributed by atoms with Gasteiger partial charge in [-0.05, 0) is 12.1 Å². The first-order chi connectivity index (χ1) is 12.0. The van der Waals surface area contributed by atoms with Crippen LogP contribution in [0.1, 0.15) is 19.6 Å². The fraction of sp³-hybridized carbons (Fsp3) is 0.556. The van der Waals surface area contributed by atoms with Gasteiger partial charge in [-0.25, -0.2) is 4.79 Å². The highest BCUT2D eigenvalue weighted by Crippen LogP contribution is 2.14. The fourth-order valence-electron chi connectivity index (χ4n) is 2.72. The van der Waals surface area contributed by atoms with Crippen molar-refractivity contribution < 1.29 is 18.7 Å². The number of carbonyl (C=O) groups excluding carboxylic acids is 2. The Labute approximate surface area is 148 Å². The zero-order valence-corrected chi connectivity index (χ0v) is 14.9. The first-order valence-electron chi connectivity index (χ1n) is 8.57. The number of furan rings is 1. The molecule has 0 aromatic carbocycles. The van der Waals surface area contributed by atoms with E-state index in [9.17, 15) is 9.59 Å². The maximum atomic E-state index is 12.5. The molecule has 0 saturated carbocycles. The summed E-state index contributed by atoms with van der Waals surface area (Å²) < 4.78 is 11.1. The fourth-order valence-corrected chi connectivity index (χ4v) is 2.72. The maximum absolute atomic E-state index is 12.5. The Hall–Kier alpha value is -2.28. The smallest absolute Gasteiger partial charge is 0.317 e. The second kappa shape index (κ2) is 9.27. The average molecular weight is 349 g/mol. The van der Waals surface area contributed by atoms with Crippen molar-refractivity contribution in [2.45, 2.75) is 26.5 Å². The lowest BCUT2D eigenvalue weighted by Gasteiger charge is -2.36. The molecule has 2 rings (SSSR count). The third kappa shape index (κ3) is 5.63. The first-order valence-corrected chi connectivity index (χ1v) is 8.57. The van der Waals surface area contributed by atoms with E-state index in [2.05, 4.69) is 11.9 Å². The Bertz CT molecular complexity index is 571. The molecular formula is C18H27N3O4. The Balaban J connectivity index is 1.98. The number of rotatable bonds is 7. The van der Waals surface area contributed by atoms with Crippen molar-refractivity contribution in [2.24, 2.45) is 5.92 Å². The number of hydrogen-bond donors (Lipinski definition) is 1. The van der Waals surface area contributed by atoms with Gasteiger partial charge in [0.15, 0.2) is 0 Å². The molecule has 0 spiro atoms. The number of hydrogen-bond acceptors (Lipinski definition) is 4.